The molecule has 3 heteroatoms. The highest BCUT2D eigenvalue weighted by molar-refractivity contribution is 9.10. The van der Waals surface area contributed by atoms with Gasteiger partial charge < -0.3 is 10.5 Å². The van der Waals surface area contributed by atoms with E-state index in [-0.39, 0.29) is 0 Å². The van der Waals surface area contributed by atoms with Crippen LogP contribution in [0.3, 0.4) is 0 Å². The lowest BCUT2D eigenvalue weighted by Crippen LogP contribution is -2.08. The molecule has 1 fully saturated rings. The van der Waals surface area contributed by atoms with Crippen LogP contribution in [0.1, 0.15) is 43.2 Å². The summed E-state index contributed by atoms with van der Waals surface area (Å²) in [6.07, 6.45) is 3.63. The highest BCUT2D eigenvalue weighted by Crippen LogP contribution is 2.38. The molecule has 2 nitrogen and oxygen atoms in total. The zero-order chi connectivity index (χ0) is 13.1. The van der Waals surface area contributed by atoms with E-state index < -0.39 is 0 Å². The molecule has 1 aliphatic rings. The van der Waals surface area contributed by atoms with Crippen LogP contribution in [0.4, 0.5) is 0 Å². The van der Waals surface area contributed by atoms with E-state index in [4.69, 9.17) is 10.5 Å². The Bertz CT molecular complexity index is 415. The monoisotopic (exact) mass is 311 g/mol. The molecule has 0 saturated heterocycles. The quantitative estimate of drug-likeness (QED) is 0.862. The predicted octanol–water partition coefficient (Wildman–Crippen LogP) is 4.00. The van der Waals surface area contributed by atoms with E-state index in [9.17, 15) is 0 Å². The third-order valence-electron chi connectivity index (χ3n) is 3.51. The van der Waals surface area contributed by atoms with Gasteiger partial charge in [-0.2, -0.15) is 0 Å². The standard InChI is InChI=1S/C15H22BrNO/c1-10-7-13(11(2)5-6-17)15(14(16)8-10)18-9-12-3-4-12/h7-8,11-12H,3-6,9,17H2,1-2H3. The smallest absolute Gasteiger partial charge is 0.136 e. The van der Waals surface area contributed by atoms with Crippen molar-refractivity contribution in [2.75, 3.05) is 13.2 Å². The van der Waals surface area contributed by atoms with Crippen molar-refractivity contribution in [3.05, 3.63) is 27.7 Å². The van der Waals surface area contributed by atoms with Crippen molar-refractivity contribution in [2.24, 2.45) is 11.7 Å². The molecule has 1 saturated carbocycles. The minimum Gasteiger partial charge on any atom is -0.492 e. The van der Waals surface area contributed by atoms with E-state index in [0.29, 0.717) is 5.92 Å². The molecule has 0 heterocycles. The molecule has 0 bridgehead atoms. The van der Waals surface area contributed by atoms with Gasteiger partial charge in [-0.05, 0) is 77.7 Å². The lowest BCUT2D eigenvalue weighted by molar-refractivity contribution is 0.293. The molecule has 1 aromatic rings. The highest BCUT2D eigenvalue weighted by atomic mass is 79.9. The number of benzene rings is 1. The van der Waals surface area contributed by atoms with Gasteiger partial charge in [-0.25, -0.2) is 0 Å². The summed E-state index contributed by atoms with van der Waals surface area (Å²) in [6.45, 7) is 5.91. The van der Waals surface area contributed by atoms with Crippen LogP contribution >= 0.6 is 15.9 Å². The van der Waals surface area contributed by atoms with Crippen molar-refractivity contribution in [2.45, 2.75) is 39.0 Å². The third-order valence-corrected chi connectivity index (χ3v) is 4.10. The van der Waals surface area contributed by atoms with Gasteiger partial charge in [0, 0.05) is 0 Å². The minimum absolute atomic E-state index is 0.445. The molecular formula is C15H22BrNO. The second-order valence-electron chi connectivity index (χ2n) is 5.40. The SMILES string of the molecule is Cc1cc(Br)c(OCC2CC2)c(C(C)CCN)c1. The maximum atomic E-state index is 6.03. The van der Waals surface area contributed by atoms with Gasteiger partial charge in [0.05, 0.1) is 11.1 Å². The molecule has 2 N–H and O–H groups in total. The molecule has 0 amide bonds. The Hall–Kier alpha value is -0.540. The molecule has 0 aromatic heterocycles. The van der Waals surface area contributed by atoms with E-state index >= 15 is 0 Å². The zero-order valence-corrected chi connectivity index (χ0v) is 12.8. The summed E-state index contributed by atoms with van der Waals surface area (Å²) in [5.74, 6) is 2.24. The average Bonchev–Trinajstić information content (AvgIpc) is 3.11. The third kappa shape index (κ3) is 3.48. The van der Waals surface area contributed by atoms with Gasteiger partial charge in [-0.1, -0.05) is 13.0 Å². The van der Waals surface area contributed by atoms with Crippen LogP contribution in [0, 0.1) is 12.8 Å². The minimum atomic E-state index is 0.445. The van der Waals surface area contributed by atoms with Crippen molar-refractivity contribution < 1.29 is 4.74 Å². The maximum Gasteiger partial charge on any atom is 0.136 e. The van der Waals surface area contributed by atoms with Gasteiger partial charge in [-0.3, -0.25) is 0 Å². The maximum absolute atomic E-state index is 6.03. The molecule has 2 rings (SSSR count). The van der Waals surface area contributed by atoms with Gasteiger partial charge in [0.1, 0.15) is 5.75 Å². The van der Waals surface area contributed by atoms with E-state index in [1.807, 2.05) is 0 Å². The number of aryl methyl sites for hydroxylation is 1. The Morgan fingerprint density at radius 3 is 2.78 bits per heavy atom. The molecule has 0 spiro atoms. The highest BCUT2D eigenvalue weighted by Gasteiger charge is 2.23. The molecule has 18 heavy (non-hydrogen) atoms. The summed E-state index contributed by atoms with van der Waals surface area (Å²) in [5.41, 5.74) is 8.22. The first-order valence-corrected chi connectivity index (χ1v) is 7.54. The van der Waals surface area contributed by atoms with Crippen molar-refractivity contribution in [1.29, 1.82) is 0 Å². The molecule has 1 aromatic carbocycles. The van der Waals surface area contributed by atoms with Crippen LogP contribution in [-0.4, -0.2) is 13.2 Å². The number of nitrogens with two attached hydrogens (primary N) is 1. The Morgan fingerprint density at radius 2 is 2.17 bits per heavy atom. The normalized spacial score (nSPS) is 16.7. The molecule has 0 radical (unpaired) electrons. The fourth-order valence-electron chi connectivity index (χ4n) is 2.17. The van der Waals surface area contributed by atoms with Gasteiger partial charge in [0.2, 0.25) is 0 Å². The first-order valence-electron chi connectivity index (χ1n) is 6.74. The first-order chi connectivity index (χ1) is 8.61. The fourth-order valence-corrected chi connectivity index (χ4v) is 2.87. The van der Waals surface area contributed by atoms with Crippen molar-refractivity contribution in [1.82, 2.24) is 0 Å². The number of halogens is 1. The van der Waals surface area contributed by atoms with Gasteiger partial charge >= 0.3 is 0 Å². The molecule has 1 unspecified atom stereocenters. The van der Waals surface area contributed by atoms with E-state index in [1.165, 1.54) is 24.0 Å². The predicted molar refractivity (Wildman–Crippen MR) is 79.2 cm³/mol. The van der Waals surface area contributed by atoms with E-state index in [0.717, 1.165) is 35.7 Å². The molecule has 100 valence electrons. The van der Waals surface area contributed by atoms with Crippen molar-refractivity contribution in [3.8, 4) is 5.75 Å². The topological polar surface area (TPSA) is 35.2 Å². The van der Waals surface area contributed by atoms with Crippen LogP contribution in [0.15, 0.2) is 16.6 Å². The summed E-state index contributed by atoms with van der Waals surface area (Å²) in [6, 6.07) is 4.36. The Morgan fingerprint density at radius 1 is 1.44 bits per heavy atom. The van der Waals surface area contributed by atoms with Gasteiger partial charge in [-0.15, -0.1) is 0 Å². The summed E-state index contributed by atoms with van der Waals surface area (Å²) >= 11 is 3.63. The van der Waals surface area contributed by atoms with Crippen LogP contribution in [0.25, 0.3) is 0 Å². The van der Waals surface area contributed by atoms with E-state index in [1.54, 1.807) is 0 Å². The Labute approximate surface area is 118 Å². The molecular weight excluding hydrogens is 290 g/mol. The van der Waals surface area contributed by atoms with Crippen LogP contribution < -0.4 is 10.5 Å². The summed E-state index contributed by atoms with van der Waals surface area (Å²) in [7, 11) is 0. The number of hydrogen-bond acceptors (Lipinski definition) is 2. The summed E-state index contributed by atoms with van der Waals surface area (Å²) in [4.78, 5) is 0. The Kier molecular flexibility index (Phi) is 4.68. The van der Waals surface area contributed by atoms with Crippen LogP contribution in [-0.2, 0) is 0 Å². The van der Waals surface area contributed by atoms with Crippen molar-refractivity contribution in [3.63, 3.8) is 0 Å². The van der Waals surface area contributed by atoms with Crippen LogP contribution in [0.2, 0.25) is 0 Å². The Balaban J connectivity index is 2.21. The molecule has 1 atom stereocenters. The molecule has 1 aliphatic carbocycles. The molecule has 0 aliphatic heterocycles. The zero-order valence-electron chi connectivity index (χ0n) is 11.2. The fraction of sp³-hybridized carbons (Fsp3) is 0.600. The number of hydrogen-bond donors (Lipinski definition) is 1. The second kappa shape index (κ2) is 6.07. The first kappa shape index (κ1) is 13.9. The lowest BCUT2D eigenvalue weighted by atomic mass is 9.95. The average molecular weight is 312 g/mol. The van der Waals surface area contributed by atoms with Gasteiger partial charge in [0.25, 0.3) is 0 Å². The lowest BCUT2D eigenvalue weighted by Gasteiger charge is -2.19. The van der Waals surface area contributed by atoms with Gasteiger partial charge in [0.15, 0.2) is 0 Å². The van der Waals surface area contributed by atoms with E-state index in [2.05, 4.69) is 41.9 Å². The van der Waals surface area contributed by atoms with Crippen molar-refractivity contribution >= 4 is 15.9 Å². The van der Waals surface area contributed by atoms with Crippen LogP contribution in [0.5, 0.6) is 5.75 Å². The summed E-state index contributed by atoms with van der Waals surface area (Å²) < 4.78 is 7.10. The summed E-state index contributed by atoms with van der Waals surface area (Å²) in [5, 5.41) is 0. The number of rotatable bonds is 6. The largest absolute Gasteiger partial charge is 0.492 e. The second-order valence-corrected chi connectivity index (χ2v) is 6.25. The number of ether oxygens (including phenoxy) is 1.